The van der Waals surface area contributed by atoms with Gasteiger partial charge in [0, 0.05) is 34.9 Å². The fourth-order valence-electron chi connectivity index (χ4n) is 5.37. The molecule has 0 amide bonds. The average molecular weight is 571 g/mol. The Morgan fingerprint density at radius 1 is 1.00 bits per heavy atom. The van der Waals surface area contributed by atoms with Gasteiger partial charge in [-0.25, -0.2) is 0 Å². The molecule has 0 aromatic heterocycles. The van der Waals surface area contributed by atoms with Gasteiger partial charge >= 0.3 is 5.97 Å². The summed E-state index contributed by atoms with van der Waals surface area (Å²) in [5.74, 6) is 0.639. The number of phenolic OH excluding ortho intramolecular Hbond substituents is 1. The summed E-state index contributed by atoms with van der Waals surface area (Å²) >= 11 is 5.97. The van der Waals surface area contributed by atoms with Gasteiger partial charge in [-0.1, -0.05) is 29.8 Å². The summed E-state index contributed by atoms with van der Waals surface area (Å²) in [4.78, 5) is 25.8. The first-order chi connectivity index (χ1) is 19.9. The van der Waals surface area contributed by atoms with Crippen molar-refractivity contribution in [1.82, 2.24) is 0 Å². The van der Waals surface area contributed by atoms with Crippen LogP contribution in [0, 0.1) is 0 Å². The summed E-state index contributed by atoms with van der Waals surface area (Å²) in [6.07, 6.45) is 1.59. The highest BCUT2D eigenvalue weighted by Gasteiger charge is 2.34. The van der Waals surface area contributed by atoms with E-state index < -0.39 is 11.9 Å². The minimum absolute atomic E-state index is 0.0118. The fourth-order valence-corrected chi connectivity index (χ4v) is 5.50. The fraction of sp³-hybridized carbons (Fsp3) is 0.212. The van der Waals surface area contributed by atoms with E-state index in [0.29, 0.717) is 47.3 Å². The number of carbonyl (C=O) groups excluding carboxylic acids is 2. The zero-order valence-electron chi connectivity index (χ0n) is 22.3. The molecular formula is C33H27ClO7. The van der Waals surface area contributed by atoms with Crippen molar-refractivity contribution in [3.05, 3.63) is 111 Å². The average Bonchev–Trinajstić information content (AvgIpc) is 3.45. The molecule has 8 heteroatoms. The first-order valence-electron chi connectivity index (χ1n) is 13.3. The van der Waals surface area contributed by atoms with Gasteiger partial charge in [0.15, 0.2) is 17.3 Å². The van der Waals surface area contributed by atoms with Crippen molar-refractivity contribution in [3.8, 4) is 28.7 Å². The highest BCUT2D eigenvalue weighted by atomic mass is 35.5. The second-order valence-electron chi connectivity index (χ2n) is 9.99. The van der Waals surface area contributed by atoms with E-state index in [-0.39, 0.29) is 29.3 Å². The molecule has 7 nitrogen and oxygen atoms in total. The highest BCUT2D eigenvalue weighted by molar-refractivity contribution is 6.30. The number of fused-ring (bicyclic) bond motifs is 2. The third-order valence-corrected chi connectivity index (χ3v) is 7.72. The van der Waals surface area contributed by atoms with Gasteiger partial charge in [0.2, 0.25) is 0 Å². The number of methoxy groups -OCH3 is 1. The van der Waals surface area contributed by atoms with Crippen LogP contribution in [0.5, 0.6) is 28.7 Å². The summed E-state index contributed by atoms with van der Waals surface area (Å²) in [7, 11) is 1.57. The molecular weight excluding hydrogens is 544 g/mol. The second-order valence-corrected chi connectivity index (χ2v) is 10.4. The molecule has 4 aromatic carbocycles. The van der Waals surface area contributed by atoms with Crippen LogP contribution in [0.2, 0.25) is 5.02 Å². The summed E-state index contributed by atoms with van der Waals surface area (Å²) in [6, 6.07) is 21.1. The number of ether oxygens (including phenoxy) is 4. The normalized spacial score (nSPS) is 15.4. The topological polar surface area (TPSA) is 91.3 Å². The molecule has 2 aliphatic heterocycles. The Labute approximate surface area is 242 Å². The van der Waals surface area contributed by atoms with Crippen LogP contribution in [-0.4, -0.2) is 37.2 Å². The van der Waals surface area contributed by atoms with E-state index in [4.69, 9.17) is 30.5 Å². The van der Waals surface area contributed by atoms with Gasteiger partial charge in [-0.2, -0.15) is 0 Å². The van der Waals surface area contributed by atoms with E-state index >= 15 is 0 Å². The van der Waals surface area contributed by atoms with Gasteiger partial charge in [-0.05, 0) is 71.3 Å². The lowest BCUT2D eigenvalue weighted by atomic mass is 9.84. The number of hydrogen-bond acceptors (Lipinski definition) is 7. The molecule has 0 saturated heterocycles. The standard InChI is InChI=1S/C33H27ClO7/c1-38-27-10-5-21(17-29(27)40-14-12-19-2-9-26-22(16-19)13-15-39-26)25-18-30(35)41-28-11-8-24(33(37)31(25)28)32(36)20-3-6-23(34)7-4-20/h2-11,16-17,25,37H,12-15,18H2,1H3/t25-/m0/s1. The summed E-state index contributed by atoms with van der Waals surface area (Å²) < 4.78 is 22.7. The molecule has 1 atom stereocenters. The van der Waals surface area contributed by atoms with Crippen molar-refractivity contribution in [1.29, 1.82) is 0 Å². The highest BCUT2D eigenvalue weighted by Crippen LogP contribution is 2.47. The van der Waals surface area contributed by atoms with Crippen molar-refractivity contribution >= 4 is 23.4 Å². The van der Waals surface area contributed by atoms with E-state index in [1.54, 1.807) is 43.5 Å². The molecule has 0 aliphatic carbocycles. The van der Waals surface area contributed by atoms with E-state index in [2.05, 4.69) is 6.07 Å². The molecule has 4 aromatic rings. The zero-order valence-corrected chi connectivity index (χ0v) is 23.1. The Hall–Kier alpha value is -4.49. The molecule has 0 unspecified atom stereocenters. The minimum atomic E-state index is -0.561. The van der Waals surface area contributed by atoms with Crippen LogP contribution in [0.15, 0.2) is 72.8 Å². The lowest BCUT2D eigenvalue weighted by Gasteiger charge is -2.27. The Bertz CT molecular complexity index is 1640. The number of carbonyl (C=O) groups is 2. The molecule has 0 saturated carbocycles. The third kappa shape index (κ3) is 5.33. The summed E-state index contributed by atoms with van der Waals surface area (Å²) in [5.41, 5.74) is 3.94. The number of esters is 1. The van der Waals surface area contributed by atoms with Crippen LogP contribution in [0.3, 0.4) is 0 Å². The Kier molecular flexibility index (Phi) is 7.28. The van der Waals surface area contributed by atoms with Crippen LogP contribution >= 0.6 is 11.6 Å². The summed E-state index contributed by atoms with van der Waals surface area (Å²) in [6.45, 7) is 1.12. The van der Waals surface area contributed by atoms with E-state index in [1.807, 2.05) is 24.3 Å². The van der Waals surface area contributed by atoms with Crippen LogP contribution in [0.4, 0.5) is 0 Å². The Balaban J connectivity index is 1.29. The molecule has 6 rings (SSSR count). The number of phenols is 1. The van der Waals surface area contributed by atoms with Crippen LogP contribution in [-0.2, 0) is 17.6 Å². The Morgan fingerprint density at radius 3 is 2.61 bits per heavy atom. The van der Waals surface area contributed by atoms with Gasteiger partial charge in [0.1, 0.15) is 17.2 Å². The van der Waals surface area contributed by atoms with Gasteiger partial charge in [-0.3, -0.25) is 9.59 Å². The lowest BCUT2D eigenvalue weighted by Crippen LogP contribution is -2.22. The van der Waals surface area contributed by atoms with Gasteiger partial charge < -0.3 is 24.1 Å². The minimum Gasteiger partial charge on any atom is -0.507 e. The monoisotopic (exact) mass is 570 g/mol. The molecule has 2 heterocycles. The molecule has 41 heavy (non-hydrogen) atoms. The Morgan fingerprint density at radius 2 is 1.80 bits per heavy atom. The maximum absolute atomic E-state index is 13.3. The van der Waals surface area contributed by atoms with Crippen LogP contribution in [0.25, 0.3) is 0 Å². The zero-order chi connectivity index (χ0) is 28.5. The van der Waals surface area contributed by atoms with Crippen molar-refractivity contribution in [2.75, 3.05) is 20.3 Å². The predicted octanol–water partition coefficient (Wildman–Crippen LogP) is 6.28. The number of halogens is 1. The van der Waals surface area contributed by atoms with Crippen molar-refractivity contribution in [2.24, 2.45) is 0 Å². The first-order valence-corrected chi connectivity index (χ1v) is 13.7. The summed E-state index contributed by atoms with van der Waals surface area (Å²) in [5, 5.41) is 11.8. The lowest BCUT2D eigenvalue weighted by molar-refractivity contribution is -0.135. The number of aromatic hydroxyl groups is 1. The van der Waals surface area contributed by atoms with E-state index in [0.717, 1.165) is 23.3 Å². The number of ketones is 1. The first kappa shape index (κ1) is 26.7. The van der Waals surface area contributed by atoms with Crippen LogP contribution in [0.1, 0.15) is 50.5 Å². The number of hydrogen-bond donors (Lipinski definition) is 1. The van der Waals surface area contributed by atoms with Crippen molar-refractivity contribution < 1.29 is 33.6 Å². The maximum atomic E-state index is 13.3. The van der Waals surface area contributed by atoms with E-state index in [9.17, 15) is 14.7 Å². The molecule has 0 spiro atoms. The third-order valence-electron chi connectivity index (χ3n) is 7.46. The predicted molar refractivity (Wildman–Crippen MR) is 153 cm³/mol. The van der Waals surface area contributed by atoms with Gasteiger partial charge in [0.05, 0.1) is 32.3 Å². The van der Waals surface area contributed by atoms with Gasteiger partial charge in [0.25, 0.3) is 0 Å². The molecule has 1 N–H and O–H groups in total. The molecule has 0 bridgehead atoms. The van der Waals surface area contributed by atoms with E-state index in [1.165, 1.54) is 11.6 Å². The SMILES string of the molecule is COc1ccc([C@@H]2CC(=O)Oc3ccc(C(=O)c4ccc(Cl)cc4)c(O)c32)cc1OCCc1ccc2c(c1)CCO2. The number of rotatable bonds is 8. The molecule has 208 valence electrons. The maximum Gasteiger partial charge on any atom is 0.312 e. The number of benzene rings is 4. The smallest absolute Gasteiger partial charge is 0.312 e. The molecule has 0 fully saturated rings. The largest absolute Gasteiger partial charge is 0.507 e. The van der Waals surface area contributed by atoms with Crippen molar-refractivity contribution in [2.45, 2.75) is 25.2 Å². The van der Waals surface area contributed by atoms with Crippen molar-refractivity contribution in [3.63, 3.8) is 0 Å². The van der Waals surface area contributed by atoms with Crippen LogP contribution < -0.4 is 18.9 Å². The molecule has 2 aliphatic rings. The second kappa shape index (κ2) is 11.2. The quantitative estimate of drug-likeness (QED) is 0.151. The molecule has 0 radical (unpaired) electrons. The van der Waals surface area contributed by atoms with Gasteiger partial charge in [-0.15, -0.1) is 0 Å².